The summed E-state index contributed by atoms with van der Waals surface area (Å²) < 4.78 is 46.4. The lowest BCUT2D eigenvalue weighted by Crippen LogP contribution is -2.13. The number of aromatic nitrogens is 3. The zero-order chi connectivity index (χ0) is 20.8. The number of benzene rings is 1. The van der Waals surface area contributed by atoms with E-state index in [1.54, 1.807) is 10.9 Å². The van der Waals surface area contributed by atoms with Crippen LogP contribution >= 0.6 is 0 Å². The van der Waals surface area contributed by atoms with E-state index < -0.39 is 11.7 Å². The summed E-state index contributed by atoms with van der Waals surface area (Å²) in [6.07, 6.45) is -1.43. The largest absolute Gasteiger partial charge is 0.416 e. The lowest BCUT2D eigenvalue weighted by Gasteiger charge is -2.12. The Morgan fingerprint density at radius 3 is 2.59 bits per heavy atom. The maximum absolute atomic E-state index is 12.9. The maximum Gasteiger partial charge on any atom is 0.416 e. The molecule has 0 fully saturated rings. The van der Waals surface area contributed by atoms with Gasteiger partial charge in [-0.1, -0.05) is 0 Å². The lowest BCUT2D eigenvalue weighted by atomic mass is 10.0. The quantitative estimate of drug-likeness (QED) is 0.692. The van der Waals surface area contributed by atoms with Gasteiger partial charge in [0, 0.05) is 23.7 Å². The monoisotopic (exact) mass is 402 g/mol. The highest BCUT2D eigenvalue weighted by molar-refractivity contribution is 5.67. The topological polar surface area (TPSA) is 66.0 Å². The molecule has 0 saturated carbocycles. The van der Waals surface area contributed by atoms with Crippen LogP contribution in [0.1, 0.15) is 29.3 Å². The van der Waals surface area contributed by atoms with Crippen LogP contribution in [0, 0.1) is 6.92 Å². The third-order valence-electron chi connectivity index (χ3n) is 5.16. The van der Waals surface area contributed by atoms with E-state index in [1.165, 1.54) is 12.1 Å². The zero-order valence-electron chi connectivity index (χ0n) is 16.1. The van der Waals surface area contributed by atoms with Gasteiger partial charge in [0.15, 0.2) is 0 Å². The van der Waals surface area contributed by atoms with Crippen LogP contribution in [-0.4, -0.2) is 27.5 Å². The van der Waals surface area contributed by atoms with Gasteiger partial charge in [-0.15, -0.1) is 0 Å². The van der Waals surface area contributed by atoms with Gasteiger partial charge in [-0.3, -0.25) is 0 Å². The molecule has 3 heterocycles. The summed E-state index contributed by atoms with van der Waals surface area (Å²) in [7, 11) is 0. The van der Waals surface area contributed by atoms with Crippen molar-refractivity contribution in [3.8, 4) is 16.9 Å². The first-order chi connectivity index (χ1) is 13.7. The van der Waals surface area contributed by atoms with E-state index in [1.807, 2.05) is 19.9 Å². The molecule has 0 bridgehead atoms. The number of hydrogen-bond donors (Lipinski definition) is 1. The van der Waals surface area contributed by atoms with Crippen molar-refractivity contribution in [1.29, 1.82) is 0 Å². The lowest BCUT2D eigenvalue weighted by molar-refractivity contribution is -0.137. The Morgan fingerprint density at radius 1 is 1.21 bits per heavy atom. The maximum atomic E-state index is 12.9. The van der Waals surface area contributed by atoms with Crippen LogP contribution < -0.4 is 5.73 Å². The zero-order valence-corrected chi connectivity index (χ0v) is 16.1. The Kier molecular flexibility index (Phi) is 4.82. The second kappa shape index (κ2) is 7.18. The van der Waals surface area contributed by atoms with Gasteiger partial charge in [0.25, 0.3) is 0 Å². The number of rotatable bonds is 2. The highest BCUT2D eigenvalue weighted by Gasteiger charge is 2.30. The Labute approximate surface area is 166 Å². The fourth-order valence-corrected chi connectivity index (χ4v) is 3.60. The molecule has 0 saturated heterocycles. The smallest absolute Gasteiger partial charge is 0.383 e. The molecule has 29 heavy (non-hydrogen) atoms. The summed E-state index contributed by atoms with van der Waals surface area (Å²) in [6.45, 7) is 4.41. The van der Waals surface area contributed by atoms with Crippen LogP contribution in [0.4, 0.5) is 19.0 Å². The van der Waals surface area contributed by atoms with Gasteiger partial charge in [-0.05, 0) is 56.2 Å². The van der Waals surface area contributed by atoms with Crippen LogP contribution in [0.15, 0.2) is 36.5 Å². The predicted octanol–water partition coefficient (Wildman–Crippen LogP) is 4.35. The third kappa shape index (κ3) is 3.72. The van der Waals surface area contributed by atoms with Gasteiger partial charge in [-0.2, -0.15) is 18.3 Å². The minimum absolute atomic E-state index is 0.0136. The first kappa shape index (κ1) is 19.4. The molecular formula is C21H21F3N4O. The number of nitrogens with zero attached hydrogens (tertiary/aromatic N) is 3. The SMILES string of the molecule is Cc1cc(-c2nn(-c3ccc(C(F)(F)F)cc3)c3c2CCO[C@H](C)C3)cnc1N. The summed E-state index contributed by atoms with van der Waals surface area (Å²) in [4.78, 5) is 4.24. The predicted molar refractivity (Wildman–Crippen MR) is 104 cm³/mol. The number of nitrogen functional groups attached to an aromatic ring is 1. The van der Waals surface area contributed by atoms with Crippen molar-refractivity contribution >= 4 is 5.82 Å². The standard InChI is InChI=1S/C21H21F3N4O/c1-12-9-14(11-26-20(12)25)19-17-7-8-29-13(2)10-18(17)28(27-19)16-5-3-15(4-6-16)21(22,23)24/h3-6,9,11,13H,7-8,10H2,1-2H3,(H2,25,26)/t13-/m1/s1. The minimum Gasteiger partial charge on any atom is -0.383 e. The van der Waals surface area contributed by atoms with Crippen molar-refractivity contribution in [2.24, 2.45) is 0 Å². The number of aryl methyl sites for hydroxylation is 1. The Morgan fingerprint density at radius 2 is 1.93 bits per heavy atom. The van der Waals surface area contributed by atoms with Gasteiger partial charge in [-0.25, -0.2) is 9.67 Å². The molecule has 1 aliphatic rings. The molecule has 0 spiro atoms. The van der Waals surface area contributed by atoms with Crippen molar-refractivity contribution in [3.63, 3.8) is 0 Å². The summed E-state index contributed by atoms with van der Waals surface area (Å²) in [5.74, 6) is 0.457. The number of alkyl halides is 3. The minimum atomic E-state index is -4.37. The molecule has 1 atom stereocenters. The van der Waals surface area contributed by atoms with E-state index in [0.29, 0.717) is 31.0 Å². The molecule has 1 aliphatic heterocycles. The number of fused-ring (bicyclic) bond motifs is 1. The van der Waals surface area contributed by atoms with Gasteiger partial charge < -0.3 is 10.5 Å². The molecule has 152 valence electrons. The number of hydrogen-bond acceptors (Lipinski definition) is 4. The normalized spacial score (nSPS) is 17.1. The molecule has 0 unspecified atom stereocenters. The molecule has 4 rings (SSSR count). The summed E-state index contributed by atoms with van der Waals surface area (Å²) in [5.41, 5.74) is 10.1. The van der Waals surface area contributed by atoms with Crippen LogP contribution in [0.25, 0.3) is 16.9 Å². The summed E-state index contributed by atoms with van der Waals surface area (Å²) in [5, 5.41) is 4.77. The van der Waals surface area contributed by atoms with E-state index in [-0.39, 0.29) is 6.10 Å². The van der Waals surface area contributed by atoms with Crippen molar-refractivity contribution in [3.05, 3.63) is 58.9 Å². The molecule has 0 aliphatic carbocycles. The molecule has 5 nitrogen and oxygen atoms in total. The fraction of sp³-hybridized carbons (Fsp3) is 0.333. The molecular weight excluding hydrogens is 381 g/mol. The summed E-state index contributed by atoms with van der Waals surface area (Å²) in [6, 6.07) is 6.98. The Balaban J connectivity index is 1.86. The first-order valence-corrected chi connectivity index (χ1v) is 9.36. The molecule has 3 aromatic rings. The van der Waals surface area contributed by atoms with Gasteiger partial charge >= 0.3 is 6.18 Å². The Hall–Kier alpha value is -2.87. The van der Waals surface area contributed by atoms with Crippen molar-refractivity contribution < 1.29 is 17.9 Å². The Bertz CT molecular complexity index is 1040. The number of nitrogens with two attached hydrogens (primary N) is 1. The number of halogens is 3. The van der Waals surface area contributed by atoms with Crippen molar-refractivity contribution in [2.75, 3.05) is 12.3 Å². The molecule has 2 N–H and O–H groups in total. The first-order valence-electron chi connectivity index (χ1n) is 9.36. The van der Waals surface area contributed by atoms with Crippen molar-refractivity contribution in [1.82, 2.24) is 14.8 Å². The number of pyridine rings is 1. The number of ether oxygens (including phenoxy) is 1. The van der Waals surface area contributed by atoms with E-state index in [2.05, 4.69) is 4.98 Å². The van der Waals surface area contributed by atoms with Crippen LogP contribution in [0.2, 0.25) is 0 Å². The second-order valence-electron chi connectivity index (χ2n) is 7.29. The van der Waals surface area contributed by atoms with E-state index in [9.17, 15) is 13.2 Å². The van der Waals surface area contributed by atoms with Crippen LogP contribution in [0.3, 0.4) is 0 Å². The van der Waals surface area contributed by atoms with E-state index in [4.69, 9.17) is 15.6 Å². The highest BCUT2D eigenvalue weighted by Crippen LogP contribution is 2.33. The average Bonchev–Trinajstić information content (AvgIpc) is 2.90. The van der Waals surface area contributed by atoms with Gasteiger partial charge in [0.2, 0.25) is 0 Å². The van der Waals surface area contributed by atoms with E-state index in [0.717, 1.165) is 40.2 Å². The molecule has 8 heteroatoms. The van der Waals surface area contributed by atoms with E-state index >= 15 is 0 Å². The highest BCUT2D eigenvalue weighted by atomic mass is 19.4. The summed E-state index contributed by atoms with van der Waals surface area (Å²) >= 11 is 0. The molecule has 0 radical (unpaired) electrons. The second-order valence-corrected chi connectivity index (χ2v) is 7.29. The van der Waals surface area contributed by atoms with Gasteiger partial charge in [0.05, 0.1) is 35.3 Å². The van der Waals surface area contributed by atoms with Gasteiger partial charge in [0.1, 0.15) is 5.82 Å². The molecule has 1 aromatic carbocycles. The third-order valence-corrected chi connectivity index (χ3v) is 5.16. The average molecular weight is 402 g/mol. The molecule has 2 aromatic heterocycles. The van der Waals surface area contributed by atoms with Crippen LogP contribution in [-0.2, 0) is 23.8 Å². The van der Waals surface area contributed by atoms with Crippen LogP contribution in [0.5, 0.6) is 0 Å². The molecule has 0 amide bonds. The van der Waals surface area contributed by atoms with Crippen molar-refractivity contribution in [2.45, 2.75) is 39.0 Å². The fourth-order valence-electron chi connectivity index (χ4n) is 3.60. The number of anilines is 1.